The van der Waals surface area contributed by atoms with Crippen molar-refractivity contribution in [3.8, 4) is 5.75 Å². The van der Waals surface area contributed by atoms with E-state index in [-0.39, 0.29) is 29.2 Å². The molecule has 0 saturated heterocycles. The Kier molecular flexibility index (Phi) is 3.81. The molecule has 0 spiro atoms. The van der Waals surface area contributed by atoms with Crippen LogP contribution in [0.25, 0.3) is 0 Å². The highest BCUT2D eigenvalue weighted by Gasteiger charge is 2.28. The number of amides is 1. The summed E-state index contributed by atoms with van der Waals surface area (Å²) in [5.41, 5.74) is 5.73. The van der Waals surface area contributed by atoms with Gasteiger partial charge in [0.05, 0.1) is 5.56 Å². The van der Waals surface area contributed by atoms with Gasteiger partial charge in [-0.3, -0.25) is 4.79 Å². The van der Waals surface area contributed by atoms with Crippen LogP contribution in [0.2, 0.25) is 0 Å². The smallest absolute Gasteiger partial charge is 0.255 e. The number of phenols is 1. The molecular formula is C13H17FN2O2. The van der Waals surface area contributed by atoms with Crippen LogP contribution in [0.5, 0.6) is 5.75 Å². The molecule has 0 bridgehead atoms. The molecule has 98 valence electrons. The second-order valence-corrected chi connectivity index (χ2v) is 4.67. The minimum atomic E-state index is -0.565. The monoisotopic (exact) mass is 252 g/mol. The van der Waals surface area contributed by atoms with Crippen molar-refractivity contribution in [2.75, 3.05) is 6.54 Å². The molecule has 4 nitrogen and oxygen atoms in total. The van der Waals surface area contributed by atoms with E-state index in [2.05, 4.69) is 5.32 Å². The Hall–Kier alpha value is -1.62. The van der Waals surface area contributed by atoms with Crippen LogP contribution in [-0.4, -0.2) is 23.6 Å². The Bertz CT molecular complexity index is 451. The van der Waals surface area contributed by atoms with E-state index in [9.17, 15) is 14.3 Å². The summed E-state index contributed by atoms with van der Waals surface area (Å²) in [6.45, 7) is 0.542. The van der Waals surface area contributed by atoms with Crippen LogP contribution in [0, 0.1) is 11.7 Å². The molecule has 1 aromatic rings. The van der Waals surface area contributed by atoms with Gasteiger partial charge in [0.25, 0.3) is 5.91 Å². The Morgan fingerprint density at radius 1 is 1.50 bits per heavy atom. The fraction of sp³-hybridized carbons (Fsp3) is 0.462. The largest absolute Gasteiger partial charge is 0.507 e. The first-order valence-corrected chi connectivity index (χ1v) is 6.11. The first-order valence-electron chi connectivity index (χ1n) is 6.11. The SMILES string of the molecule is NCC1CCCC1NC(=O)c1ccc(F)cc1O. The predicted octanol–water partition coefficient (Wildman–Crippen LogP) is 1.39. The molecule has 0 radical (unpaired) electrons. The normalized spacial score (nSPS) is 23.0. The Morgan fingerprint density at radius 3 is 2.94 bits per heavy atom. The zero-order valence-electron chi connectivity index (χ0n) is 10.0. The maximum atomic E-state index is 12.8. The molecule has 2 unspecified atom stereocenters. The average Bonchev–Trinajstić information content (AvgIpc) is 2.76. The van der Waals surface area contributed by atoms with Crippen molar-refractivity contribution in [2.45, 2.75) is 25.3 Å². The average molecular weight is 252 g/mol. The van der Waals surface area contributed by atoms with E-state index in [1.54, 1.807) is 0 Å². The van der Waals surface area contributed by atoms with Crippen LogP contribution in [-0.2, 0) is 0 Å². The molecule has 0 aromatic heterocycles. The predicted molar refractivity (Wildman–Crippen MR) is 65.7 cm³/mol. The molecule has 4 N–H and O–H groups in total. The van der Waals surface area contributed by atoms with E-state index in [1.807, 2.05) is 0 Å². The third-order valence-corrected chi connectivity index (χ3v) is 3.48. The molecule has 1 saturated carbocycles. The number of phenolic OH excluding ortho intramolecular Hbond substituents is 1. The van der Waals surface area contributed by atoms with Crippen molar-refractivity contribution >= 4 is 5.91 Å². The number of carbonyl (C=O) groups excluding carboxylic acids is 1. The minimum absolute atomic E-state index is 0.0481. The second kappa shape index (κ2) is 5.35. The molecule has 1 amide bonds. The van der Waals surface area contributed by atoms with Crippen LogP contribution in [0.1, 0.15) is 29.6 Å². The van der Waals surface area contributed by atoms with Gasteiger partial charge in [-0.1, -0.05) is 6.42 Å². The zero-order chi connectivity index (χ0) is 13.1. The van der Waals surface area contributed by atoms with Gasteiger partial charge in [-0.2, -0.15) is 0 Å². The van der Waals surface area contributed by atoms with E-state index >= 15 is 0 Å². The lowest BCUT2D eigenvalue weighted by Gasteiger charge is -2.19. The Labute approximate surface area is 105 Å². The molecule has 2 rings (SSSR count). The number of nitrogens with one attached hydrogen (secondary N) is 1. The first-order chi connectivity index (χ1) is 8.61. The van der Waals surface area contributed by atoms with E-state index in [0.29, 0.717) is 6.54 Å². The van der Waals surface area contributed by atoms with Crippen molar-refractivity contribution < 1.29 is 14.3 Å². The lowest BCUT2D eigenvalue weighted by molar-refractivity contribution is 0.0926. The second-order valence-electron chi connectivity index (χ2n) is 4.67. The van der Waals surface area contributed by atoms with Gasteiger partial charge >= 0.3 is 0 Å². The number of aromatic hydroxyl groups is 1. The van der Waals surface area contributed by atoms with Gasteiger partial charge in [-0.05, 0) is 37.4 Å². The summed E-state index contributed by atoms with van der Waals surface area (Å²) in [7, 11) is 0. The van der Waals surface area contributed by atoms with Crippen LogP contribution in [0.3, 0.4) is 0 Å². The molecule has 1 aromatic carbocycles. The fourth-order valence-corrected chi connectivity index (χ4v) is 2.45. The summed E-state index contributed by atoms with van der Waals surface area (Å²) in [5.74, 6) is -0.992. The number of hydrogen-bond acceptors (Lipinski definition) is 3. The number of carbonyl (C=O) groups is 1. The van der Waals surface area contributed by atoms with Gasteiger partial charge in [0.1, 0.15) is 11.6 Å². The van der Waals surface area contributed by atoms with E-state index in [0.717, 1.165) is 31.4 Å². The van der Waals surface area contributed by atoms with Crippen LogP contribution in [0.4, 0.5) is 4.39 Å². The molecule has 5 heteroatoms. The third-order valence-electron chi connectivity index (χ3n) is 3.48. The van der Waals surface area contributed by atoms with Crippen molar-refractivity contribution in [1.82, 2.24) is 5.32 Å². The van der Waals surface area contributed by atoms with E-state index < -0.39 is 5.82 Å². The maximum absolute atomic E-state index is 12.8. The first kappa shape index (κ1) is 12.8. The van der Waals surface area contributed by atoms with Crippen LogP contribution < -0.4 is 11.1 Å². The molecule has 1 aliphatic carbocycles. The lowest BCUT2D eigenvalue weighted by atomic mass is 10.0. The number of nitrogens with two attached hydrogens (primary N) is 1. The van der Waals surface area contributed by atoms with Crippen molar-refractivity contribution in [3.63, 3.8) is 0 Å². The van der Waals surface area contributed by atoms with Gasteiger partial charge in [-0.25, -0.2) is 4.39 Å². The zero-order valence-corrected chi connectivity index (χ0v) is 10.0. The molecule has 0 aliphatic heterocycles. The number of benzene rings is 1. The number of hydrogen-bond donors (Lipinski definition) is 3. The summed E-state index contributed by atoms with van der Waals surface area (Å²) in [6.07, 6.45) is 2.95. The molecule has 18 heavy (non-hydrogen) atoms. The van der Waals surface area contributed by atoms with Gasteiger partial charge in [0.15, 0.2) is 0 Å². The van der Waals surface area contributed by atoms with Crippen molar-refractivity contribution in [1.29, 1.82) is 0 Å². The van der Waals surface area contributed by atoms with Crippen molar-refractivity contribution in [3.05, 3.63) is 29.6 Å². The van der Waals surface area contributed by atoms with Gasteiger partial charge in [0.2, 0.25) is 0 Å². The summed E-state index contributed by atoms with van der Waals surface area (Å²) in [6, 6.07) is 3.42. The maximum Gasteiger partial charge on any atom is 0.255 e. The van der Waals surface area contributed by atoms with Gasteiger partial charge in [-0.15, -0.1) is 0 Å². The van der Waals surface area contributed by atoms with E-state index in [4.69, 9.17) is 5.73 Å². The highest BCUT2D eigenvalue weighted by atomic mass is 19.1. The molecule has 0 heterocycles. The highest BCUT2D eigenvalue weighted by molar-refractivity contribution is 5.97. The number of rotatable bonds is 3. The Morgan fingerprint density at radius 2 is 2.28 bits per heavy atom. The van der Waals surface area contributed by atoms with Crippen LogP contribution >= 0.6 is 0 Å². The summed E-state index contributed by atoms with van der Waals surface area (Å²) in [4.78, 5) is 12.0. The highest BCUT2D eigenvalue weighted by Crippen LogP contribution is 2.25. The summed E-state index contributed by atoms with van der Waals surface area (Å²) >= 11 is 0. The topological polar surface area (TPSA) is 75.3 Å². The molecule has 2 atom stereocenters. The summed E-state index contributed by atoms with van der Waals surface area (Å²) < 4.78 is 12.8. The van der Waals surface area contributed by atoms with Crippen LogP contribution in [0.15, 0.2) is 18.2 Å². The van der Waals surface area contributed by atoms with Crippen molar-refractivity contribution in [2.24, 2.45) is 11.7 Å². The van der Waals surface area contributed by atoms with Gasteiger partial charge in [0, 0.05) is 12.1 Å². The lowest BCUT2D eigenvalue weighted by Crippen LogP contribution is -2.39. The quantitative estimate of drug-likeness (QED) is 0.761. The minimum Gasteiger partial charge on any atom is -0.507 e. The molecule has 1 aliphatic rings. The molecule has 1 fully saturated rings. The van der Waals surface area contributed by atoms with E-state index in [1.165, 1.54) is 6.07 Å². The third kappa shape index (κ3) is 2.61. The summed E-state index contributed by atoms with van der Waals surface area (Å²) in [5, 5.41) is 12.4. The number of halogens is 1. The van der Waals surface area contributed by atoms with Gasteiger partial charge < -0.3 is 16.2 Å². The molecular weight excluding hydrogens is 235 g/mol. The Balaban J connectivity index is 2.07. The standard InChI is InChI=1S/C13H17FN2O2/c14-9-4-5-10(12(17)6-9)13(18)16-11-3-1-2-8(11)7-15/h4-6,8,11,17H,1-3,7,15H2,(H,16,18). The fourth-order valence-electron chi connectivity index (χ4n) is 2.45.